The molecular weight excluding hydrogens is 381 g/mol. The van der Waals surface area contributed by atoms with Crippen LogP contribution in [-0.4, -0.2) is 7.11 Å². The second-order valence-corrected chi connectivity index (χ2v) is 7.03. The molecule has 140 valence electrons. The zero-order chi connectivity index (χ0) is 19.2. The number of hydrogen-bond acceptors (Lipinski definition) is 3. The third-order valence-corrected chi connectivity index (χ3v) is 4.78. The molecule has 0 amide bonds. The molecule has 0 bridgehead atoms. The molecule has 0 aliphatic carbocycles. The minimum Gasteiger partial charge on any atom is -0.493 e. The Balaban J connectivity index is 1.73. The normalized spacial score (nSPS) is 10.5. The Morgan fingerprint density at radius 2 is 1.74 bits per heavy atom. The minimum absolute atomic E-state index is 0.316. The quantitative estimate of drug-likeness (QED) is 0.489. The van der Waals surface area contributed by atoms with Crippen molar-refractivity contribution in [2.75, 3.05) is 12.4 Å². The molecule has 5 heteroatoms. The number of anilines is 1. The van der Waals surface area contributed by atoms with Crippen LogP contribution in [0.1, 0.15) is 16.7 Å². The zero-order valence-corrected chi connectivity index (χ0v) is 16.8. The van der Waals surface area contributed by atoms with E-state index in [9.17, 15) is 0 Å². The van der Waals surface area contributed by atoms with E-state index in [0.29, 0.717) is 34.7 Å². The molecule has 0 spiro atoms. The Labute approximate surface area is 169 Å². The second kappa shape index (κ2) is 9.03. The average molecular weight is 402 g/mol. The summed E-state index contributed by atoms with van der Waals surface area (Å²) in [6.07, 6.45) is 0. The summed E-state index contributed by atoms with van der Waals surface area (Å²) in [5.41, 5.74) is 4.16. The number of ether oxygens (including phenoxy) is 2. The Morgan fingerprint density at radius 3 is 2.48 bits per heavy atom. The van der Waals surface area contributed by atoms with E-state index < -0.39 is 0 Å². The van der Waals surface area contributed by atoms with Crippen LogP contribution < -0.4 is 14.8 Å². The first-order chi connectivity index (χ1) is 13.1. The molecule has 0 atom stereocenters. The lowest BCUT2D eigenvalue weighted by Crippen LogP contribution is -2.03. The van der Waals surface area contributed by atoms with Crippen molar-refractivity contribution in [2.24, 2.45) is 0 Å². The summed E-state index contributed by atoms with van der Waals surface area (Å²) in [5.74, 6) is 1.11. The van der Waals surface area contributed by atoms with Crippen LogP contribution in [0.4, 0.5) is 5.69 Å². The summed E-state index contributed by atoms with van der Waals surface area (Å²) in [6, 6.07) is 19.6. The summed E-state index contributed by atoms with van der Waals surface area (Å²) >= 11 is 12.6. The van der Waals surface area contributed by atoms with Gasteiger partial charge in [0.1, 0.15) is 6.61 Å². The van der Waals surface area contributed by atoms with Crippen molar-refractivity contribution >= 4 is 28.9 Å². The fourth-order valence-electron chi connectivity index (χ4n) is 2.74. The lowest BCUT2D eigenvalue weighted by atomic mass is 10.1. The summed E-state index contributed by atoms with van der Waals surface area (Å²) < 4.78 is 11.4. The maximum Gasteiger partial charge on any atom is 0.180 e. The molecule has 3 nitrogen and oxygen atoms in total. The number of benzene rings is 3. The average Bonchev–Trinajstić information content (AvgIpc) is 2.66. The Bertz CT molecular complexity index is 928. The van der Waals surface area contributed by atoms with E-state index in [1.807, 2.05) is 48.5 Å². The van der Waals surface area contributed by atoms with Gasteiger partial charge in [0.05, 0.1) is 12.1 Å². The lowest BCUT2D eigenvalue weighted by Gasteiger charge is -2.15. The predicted molar refractivity (Wildman–Crippen MR) is 112 cm³/mol. The van der Waals surface area contributed by atoms with Crippen LogP contribution in [0, 0.1) is 6.92 Å². The van der Waals surface area contributed by atoms with E-state index in [4.69, 9.17) is 32.7 Å². The van der Waals surface area contributed by atoms with Gasteiger partial charge in [-0.1, -0.05) is 53.5 Å². The van der Waals surface area contributed by atoms with Gasteiger partial charge in [0, 0.05) is 22.8 Å². The van der Waals surface area contributed by atoms with Gasteiger partial charge in [-0.25, -0.2) is 0 Å². The summed E-state index contributed by atoms with van der Waals surface area (Å²) in [7, 11) is 1.60. The number of nitrogens with one attached hydrogen (secondary N) is 1. The van der Waals surface area contributed by atoms with E-state index in [2.05, 4.69) is 24.4 Å². The fraction of sp³-hybridized carbons (Fsp3) is 0.182. The van der Waals surface area contributed by atoms with Crippen LogP contribution in [0.25, 0.3) is 0 Å². The van der Waals surface area contributed by atoms with Gasteiger partial charge in [0.15, 0.2) is 11.5 Å². The number of rotatable bonds is 7. The smallest absolute Gasteiger partial charge is 0.180 e. The molecule has 3 aromatic rings. The summed E-state index contributed by atoms with van der Waals surface area (Å²) in [6.45, 7) is 3.01. The monoisotopic (exact) mass is 401 g/mol. The second-order valence-electron chi connectivity index (χ2n) is 6.21. The molecule has 0 aliphatic heterocycles. The Morgan fingerprint density at radius 1 is 0.926 bits per heavy atom. The van der Waals surface area contributed by atoms with Crippen molar-refractivity contribution in [2.45, 2.75) is 20.1 Å². The van der Waals surface area contributed by atoms with E-state index >= 15 is 0 Å². The fourth-order valence-corrected chi connectivity index (χ4v) is 3.22. The highest BCUT2D eigenvalue weighted by Crippen LogP contribution is 2.37. The van der Waals surface area contributed by atoms with Gasteiger partial charge in [-0.15, -0.1) is 0 Å². The lowest BCUT2D eigenvalue weighted by molar-refractivity contribution is 0.284. The van der Waals surface area contributed by atoms with Gasteiger partial charge in [-0.2, -0.15) is 0 Å². The number of methoxy groups -OCH3 is 1. The number of aryl methyl sites for hydroxylation is 1. The van der Waals surface area contributed by atoms with Crippen molar-refractivity contribution in [3.63, 3.8) is 0 Å². The van der Waals surface area contributed by atoms with Crippen LogP contribution in [0.2, 0.25) is 10.0 Å². The van der Waals surface area contributed by atoms with Crippen LogP contribution >= 0.6 is 23.2 Å². The topological polar surface area (TPSA) is 30.5 Å². The van der Waals surface area contributed by atoms with Crippen LogP contribution in [0.5, 0.6) is 11.5 Å². The van der Waals surface area contributed by atoms with Crippen molar-refractivity contribution < 1.29 is 9.47 Å². The van der Waals surface area contributed by atoms with Crippen molar-refractivity contribution in [1.82, 2.24) is 0 Å². The summed E-state index contributed by atoms with van der Waals surface area (Å²) in [4.78, 5) is 0. The molecule has 0 aliphatic rings. The molecule has 0 saturated carbocycles. The molecule has 1 N–H and O–H groups in total. The first-order valence-corrected chi connectivity index (χ1v) is 9.35. The van der Waals surface area contributed by atoms with Crippen molar-refractivity contribution in [3.05, 3.63) is 87.4 Å². The first-order valence-electron chi connectivity index (χ1n) is 8.60. The molecule has 0 heterocycles. The predicted octanol–water partition coefficient (Wildman–Crippen LogP) is 6.50. The largest absolute Gasteiger partial charge is 0.493 e. The molecule has 27 heavy (non-hydrogen) atoms. The van der Waals surface area contributed by atoms with Gasteiger partial charge in [-0.3, -0.25) is 0 Å². The van der Waals surface area contributed by atoms with E-state index in [1.165, 1.54) is 5.56 Å². The van der Waals surface area contributed by atoms with Gasteiger partial charge in [0.25, 0.3) is 0 Å². The molecule has 3 aromatic carbocycles. The molecule has 0 fully saturated rings. The maximum absolute atomic E-state index is 6.46. The highest BCUT2D eigenvalue weighted by Gasteiger charge is 2.13. The molecule has 0 unspecified atom stereocenters. The number of hydrogen-bond donors (Lipinski definition) is 1. The third-order valence-electron chi connectivity index (χ3n) is 4.13. The van der Waals surface area contributed by atoms with Gasteiger partial charge < -0.3 is 14.8 Å². The van der Waals surface area contributed by atoms with Crippen molar-refractivity contribution in [1.29, 1.82) is 0 Å². The Hall–Kier alpha value is -2.36. The third kappa shape index (κ3) is 5.09. The molecular formula is C22H21Cl2NO2. The Kier molecular flexibility index (Phi) is 6.49. The minimum atomic E-state index is 0.316. The summed E-state index contributed by atoms with van der Waals surface area (Å²) in [5, 5.41) is 4.55. The highest BCUT2D eigenvalue weighted by molar-refractivity contribution is 6.32. The van der Waals surface area contributed by atoms with Gasteiger partial charge in [0.2, 0.25) is 0 Å². The zero-order valence-electron chi connectivity index (χ0n) is 15.3. The standard InChI is InChI=1S/C22H21Cl2NO2/c1-15-6-5-8-18(10-15)25-13-16-11-20(24)22(21(12-16)26-2)27-14-17-7-3-4-9-19(17)23/h3-12,25H,13-14H2,1-2H3. The van der Waals surface area contributed by atoms with Crippen LogP contribution in [0.15, 0.2) is 60.7 Å². The molecule has 0 radical (unpaired) electrons. The number of halogens is 2. The van der Waals surface area contributed by atoms with Crippen LogP contribution in [0.3, 0.4) is 0 Å². The molecule has 3 rings (SSSR count). The van der Waals surface area contributed by atoms with E-state index in [-0.39, 0.29) is 0 Å². The molecule has 0 aromatic heterocycles. The van der Waals surface area contributed by atoms with Crippen molar-refractivity contribution in [3.8, 4) is 11.5 Å². The molecule has 0 saturated heterocycles. The first kappa shape index (κ1) is 19.4. The van der Waals surface area contributed by atoms with E-state index in [1.54, 1.807) is 7.11 Å². The maximum atomic E-state index is 6.46. The SMILES string of the molecule is COc1cc(CNc2cccc(C)c2)cc(Cl)c1OCc1ccccc1Cl. The highest BCUT2D eigenvalue weighted by atomic mass is 35.5. The van der Waals surface area contributed by atoms with Crippen LogP contribution in [-0.2, 0) is 13.2 Å². The van der Waals surface area contributed by atoms with E-state index in [0.717, 1.165) is 16.8 Å². The van der Waals surface area contributed by atoms with Gasteiger partial charge >= 0.3 is 0 Å². The van der Waals surface area contributed by atoms with Gasteiger partial charge in [-0.05, 0) is 48.4 Å².